The normalized spacial score (nSPS) is 12.5. The Bertz CT molecular complexity index is 289. The zero-order valence-electron chi connectivity index (χ0n) is 9.15. The Hall–Kier alpha value is -1.06. The van der Waals surface area contributed by atoms with E-state index in [-0.39, 0.29) is 12.6 Å². The number of nitrogens with two attached hydrogens (primary N) is 1. The van der Waals surface area contributed by atoms with E-state index in [0.717, 1.165) is 17.7 Å². The Morgan fingerprint density at radius 3 is 2.80 bits per heavy atom. The van der Waals surface area contributed by atoms with Gasteiger partial charge in [0, 0.05) is 24.6 Å². The highest BCUT2D eigenvalue weighted by molar-refractivity contribution is 5.35. The fourth-order valence-electron chi connectivity index (χ4n) is 1.38. The van der Waals surface area contributed by atoms with Crippen LogP contribution >= 0.6 is 0 Å². The molecule has 84 valence electrons. The van der Waals surface area contributed by atoms with Gasteiger partial charge < -0.3 is 15.6 Å². The number of para-hydroxylation sites is 1. The predicted octanol–water partition coefficient (Wildman–Crippen LogP) is 1.86. The van der Waals surface area contributed by atoms with Crippen molar-refractivity contribution in [3.63, 3.8) is 0 Å². The monoisotopic (exact) mass is 209 g/mol. The lowest BCUT2D eigenvalue weighted by atomic mass is 10.0. The lowest BCUT2D eigenvalue weighted by Gasteiger charge is -2.15. The Morgan fingerprint density at radius 1 is 1.40 bits per heavy atom. The highest BCUT2D eigenvalue weighted by Gasteiger charge is 2.09. The van der Waals surface area contributed by atoms with Crippen LogP contribution in [0, 0.1) is 0 Å². The van der Waals surface area contributed by atoms with E-state index in [1.807, 2.05) is 24.3 Å². The number of hydrogen-bond donors (Lipinski definition) is 2. The van der Waals surface area contributed by atoms with Gasteiger partial charge in [0.1, 0.15) is 5.75 Å². The van der Waals surface area contributed by atoms with E-state index in [4.69, 9.17) is 15.6 Å². The van der Waals surface area contributed by atoms with Gasteiger partial charge in [-0.2, -0.15) is 0 Å². The summed E-state index contributed by atoms with van der Waals surface area (Å²) in [5, 5.41) is 8.66. The topological polar surface area (TPSA) is 55.5 Å². The van der Waals surface area contributed by atoms with Crippen LogP contribution in [0.5, 0.6) is 5.75 Å². The van der Waals surface area contributed by atoms with Gasteiger partial charge in [0.25, 0.3) is 0 Å². The van der Waals surface area contributed by atoms with Crippen molar-refractivity contribution >= 4 is 0 Å². The van der Waals surface area contributed by atoms with Crippen molar-refractivity contribution in [1.29, 1.82) is 0 Å². The van der Waals surface area contributed by atoms with Crippen LogP contribution in [-0.2, 0) is 0 Å². The van der Waals surface area contributed by atoms with Crippen LogP contribution in [-0.4, -0.2) is 18.3 Å². The number of hydrogen-bond acceptors (Lipinski definition) is 3. The summed E-state index contributed by atoms with van der Waals surface area (Å²) in [6.07, 6.45) is 1.54. The molecule has 0 radical (unpaired) electrons. The summed E-state index contributed by atoms with van der Waals surface area (Å²) in [5.74, 6) is 0.834. The Balaban J connectivity index is 2.68. The van der Waals surface area contributed by atoms with Crippen molar-refractivity contribution in [1.82, 2.24) is 0 Å². The van der Waals surface area contributed by atoms with Crippen LogP contribution in [0.25, 0.3) is 0 Å². The third kappa shape index (κ3) is 3.53. The minimum absolute atomic E-state index is 0.0235. The largest absolute Gasteiger partial charge is 0.493 e. The molecule has 15 heavy (non-hydrogen) atoms. The number of aliphatic hydroxyl groups excluding tert-OH is 1. The van der Waals surface area contributed by atoms with Crippen LogP contribution in [0.4, 0.5) is 0 Å². The molecule has 0 heterocycles. The molecule has 1 aromatic carbocycles. The van der Waals surface area contributed by atoms with Crippen LogP contribution in [0.2, 0.25) is 0 Å². The molecule has 0 aromatic heterocycles. The zero-order valence-corrected chi connectivity index (χ0v) is 9.15. The van der Waals surface area contributed by atoms with Crippen molar-refractivity contribution in [2.24, 2.45) is 5.73 Å². The molecule has 0 aliphatic rings. The maximum absolute atomic E-state index is 8.66. The fourth-order valence-corrected chi connectivity index (χ4v) is 1.38. The van der Waals surface area contributed by atoms with Gasteiger partial charge in [-0.15, -0.1) is 0 Å². The number of benzene rings is 1. The second-order valence-corrected chi connectivity index (χ2v) is 3.48. The third-order valence-electron chi connectivity index (χ3n) is 2.32. The van der Waals surface area contributed by atoms with Crippen molar-refractivity contribution in [2.75, 3.05) is 13.2 Å². The summed E-state index contributed by atoms with van der Waals surface area (Å²) >= 11 is 0. The van der Waals surface area contributed by atoms with Crippen molar-refractivity contribution in [2.45, 2.75) is 25.8 Å². The van der Waals surface area contributed by atoms with Crippen LogP contribution in [0.15, 0.2) is 24.3 Å². The Morgan fingerprint density at radius 2 is 2.13 bits per heavy atom. The number of aliphatic hydroxyl groups is 1. The number of rotatable bonds is 6. The van der Waals surface area contributed by atoms with Gasteiger partial charge in [0.2, 0.25) is 0 Å². The standard InChI is InChI=1S/C12H19NO2/c1-2-11(13)10-6-3-4-7-12(10)15-9-5-8-14/h3-4,6-7,11,14H,2,5,8-9,13H2,1H3. The van der Waals surface area contributed by atoms with E-state index in [1.165, 1.54) is 0 Å². The van der Waals surface area contributed by atoms with Crippen molar-refractivity contribution in [3.05, 3.63) is 29.8 Å². The fraction of sp³-hybridized carbons (Fsp3) is 0.500. The molecule has 1 unspecified atom stereocenters. The highest BCUT2D eigenvalue weighted by Crippen LogP contribution is 2.25. The van der Waals surface area contributed by atoms with E-state index in [9.17, 15) is 0 Å². The zero-order chi connectivity index (χ0) is 11.1. The molecule has 0 fully saturated rings. The molecule has 0 spiro atoms. The lowest BCUT2D eigenvalue weighted by Crippen LogP contribution is -2.11. The van der Waals surface area contributed by atoms with Crippen LogP contribution in [0.1, 0.15) is 31.4 Å². The maximum Gasteiger partial charge on any atom is 0.124 e. The van der Waals surface area contributed by atoms with Crippen molar-refractivity contribution in [3.8, 4) is 5.75 Å². The summed E-state index contributed by atoms with van der Waals surface area (Å²) < 4.78 is 5.56. The van der Waals surface area contributed by atoms with Gasteiger partial charge in [0.05, 0.1) is 6.61 Å². The quantitative estimate of drug-likeness (QED) is 0.703. The smallest absolute Gasteiger partial charge is 0.124 e. The first-order chi connectivity index (χ1) is 7.29. The molecule has 0 saturated carbocycles. The summed E-state index contributed by atoms with van der Waals surface area (Å²) in [6.45, 7) is 2.74. The van der Waals surface area contributed by atoms with Gasteiger partial charge in [-0.05, 0) is 12.5 Å². The van der Waals surface area contributed by atoms with E-state index in [1.54, 1.807) is 0 Å². The molecule has 0 bridgehead atoms. The molecule has 1 atom stereocenters. The molecule has 0 aliphatic carbocycles. The summed E-state index contributed by atoms with van der Waals surface area (Å²) in [4.78, 5) is 0. The molecule has 0 saturated heterocycles. The lowest BCUT2D eigenvalue weighted by molar-refractivity contribution is 0.232. The first-order valence-corrected chi connectivity index (χ1v) is 5.37. The molecule has 1 aromatic rings. The van der Waals surface area contributed by atoms with Gasteiger partial charge in [-0.1, -0.05) is 25.1 Å². The first kappa shape index (κ1) is 12.0. The second kappa shape index (κ2) is 6.43. The molecule has 3 heteroatoms. The minimum atomic E-state index is 0.0235. The second-order valence-electron chi connectivity index (χ2n) is 3.48. The molecule has 3 N–H and O–H groups in total. The van der Waals surface area contributed by atoms with E-state index in [0.29, 0.717) is 13.0 Å². The van der Waals surface area contributed by atoms with Crippen LogP contribution < -0.4 is 10.5 Å². The molecular formula is C12H19NO2. The maximum atomic E-state index is 8.66. The van der Waals surface area contributed by atoms with Crippen LogP contribution in [0.3, 0.4) is 0 Å². The van der Waals surface area contributed by atoms with E-state index in [2.05, 4.69) is 6.92 Å². The molecule has 0 amide bonds. The molecule has 0 aliphatic heterocycles. The van der Waals surface area contributed by atoms with Gasteiger partial charge in [-0.3, -0.25) is 0 Å². The molecular weight excluding hydrogens is 190 g/mol. The Kier molecular flexibility index (Phi) is 5.15. The first-order valence-electron chi connectivity index (χ1n) is 5.37. The van der Waals surface area contributed by atoms with Gasteiger partial charge >= 0.3 is 0 Å². The predicted molar refractivity (Wildman–Crippen MR) is 60.9 cm³/mol. The SMILES string of the molecule is CCC(N)c1ccccc1OCCCO. The summed E-state index contributed by atoms with van der Waals surface area (Å²) in [6, 6.07) is 7.82. The average molecular weight is 209 g/mol. The molecule has 3 nitrogen and oxygen atoms in total. The average Bonchev–Trinajstić information content (AvgIpc) is 2.29. The van der Waals surface area contributed by atoms with Crippen molar-refractivity contribution < 1.29 is 9.84 Å². The van der Waals surface area contributed by atoms with E-state index < -0.39 is 0 Å². The minimum Gasteiger partial charge on any atom is -0.493 e. The third-order valence-corrected chi connectivity index (χ3v) is 2.32. The summed E-state index contributed by atoms with van der Waals surface area (Å²) in [5.41, 5.74) is 7.01. The van der Waals surface area contributed by atoms with E-state index >= 15 is 0 Å². The van der Waals surface area contributed by atoms with Gasteiger partial charge in [-0.25, -0.2) is 0 Å². The van der Waals surface area contributed by atoms with Gasteiger partial charge in [0.15, 0.2) is 0 Å². The summed E-state index contributed by atoms with van der Waals surface area (Å²) in [7, 11) is 0. The molecule has 1 rings (SSSR count). The number of ether oxygens (including phenoxy) is 1. The Labute approximate surface area is 90.9 Å². The highest BCUT2D eigenvalue weighted by atomic mass is 16.5.